The molecule has 1 amide bonds. The largest absolute Gasteiger partial charge is 0.481 e. The van der Waals surface area contributed by atoms with Crippen molar-refractivity contribution in [2.75, 3.05) is 0 Å². The summed E-state index contributed by atoms with van der Waals surface area (Å²) in [6.07, 6.45) is 0.545. The number of alkyl carbamates (subject to hydrolysis) is 1. The number of aliphatic carboxylic acids is 1. The Balaban J connectivity index is 2.95. The molecule has 1 heterocycles. The highest BCUT2D eigenvalue weighted by atomic mass is 79.9. The zero-order valence-corrected chi connectivity index (χ0v) is 15.0. The maximum atomic E-state index is 11.8. The second kappa shape index (κ2) is 7.22. The van der Waals surface area contributed by atoms with Gasteiger partial charge in [-0.3, -0.25) is 9.78 Å². The van der Waals surface area contributed by atoms with Crippen LogP contribution in [0, 0.1) is 0 Å². The van der Waals surface area contributed by atoms with Crippen LogP contribution in [0.15, 0.2) is 21.2 Å². The van der Waals surface area contributed by atoms with E-state index in [1.807, 2.05) is 0 Å². The highest BCUT2D eigenvalue weighted by molar-refractivity contribution is 9.11. The summed E-state index contributed by atoms with van der Waals surface area (Å²) in [6.45, 7) is 5.19. The molecule has 2 N–H and O–H groups in total. The Morgan fingerprint density at radius 1 is 1.43 bits per heavy atom. The normalized spacial score (nSPS) is 12.6. The van der Waals surface area contributed by atoms with E-state index >= 15 is 0 Å². The van der Waals surface area contributed by atoms with Crippen LogP contribution >= 0.6 is 31.9 Å². The first-order valence-electron chi connectivity index (χ1n) is 6.11. The van der Waals surface area contributed by atoms with Crippen molar-refractivity contribution in [2.45, 2.75) is 38.8 Å². The fourth-order valence-electron chi connectivity index (χ4n) is 1.52. The van der Waals surface area contributed by atoms with E-state index in [2.05, 4.69) is 42.2 Å². The lowest BCUT2D eigenvalue weighted by Crippen LogP contribution is -2.36. The van der Waals surface area contributed by atoms with Crippen LogP contribution in [-0.4, -0.2) is 27.8 Å². The molecule has 116 valence electrons. The van der Waals surface area contributed by atoms with E-state index in [9.17, 15) is 9.59 Å². The number of carboxylic acids is 1. The number of carbonyl (C=O) groups excluding carboxylic acids is 1. The zero-order valence-electron chi connectivity index (χ0n) is 11.8. The van der Waals surface area contributed by atoms with E-state index in [1.54, 1.807) is 26.8 Å². The number of amides is 1. The molecule has 0 saturated heterocycles. The number of halogens is 2. The molecule has 0 bridgehead atoms. The molecule has 1 aromatic heterocycles. The second-order valence-corrected chi connectivity index (χ2v) is 7.09. The van der Waals surface area contributed by atoms with Crippen LogP contribution < -0.4 is 5.32 Å². The van der Waals surface area contributed by atoms with Gasteiger partial charge in [0.1, 0.15) is 5.60 Å². The predicted octanol–water partition coefficient (Wildman–Crippen LogP) is 3.65. The van der Waals surface area contributed by atoms with Gasteiger partial charge in [-0.15, -0.1) is 0 Å². The summed E-state index contributed by atoms with van der Waals surface area (Å²) >= 11 is 6.58. The molecule has 6 nitrogen and oxygen atoms in total. The Labute approximate surface area is 139 Å². The third-order valence-electron chi connectivity index (χ3n) is 2.24. The highest BCUT2D eigenvalue weighted by Gasteiger charge is 2.24. The number of ether oxygens (including phenoxy) is 1. The summed E-state index contributed by atoms with van der Waals surface area (Å²) in [6, 6.07) is 0.938. The average Bonchev–Trinajstić information content (AvgIpc) is 2.24. The third-order valence-corrected chi connectivity index (χ3v) is 3.30. The van der Waals surface area contributed by atoms with E-state index in [0.717, 1.165) is 4.47 Å². The Hall–Kier alpha value is -1.15. The Kier molecular flexibility index (Phi) is 6.15. The van der Waals surface area contributed by atoms with Crippen molar-refractivity contribution in [1.29, 1.82) is 0 Å². The van der Waals surface area contributed by atoms with Crippen molar-refractivity contribution in [3.8, 4) is 0 Å². The lowest BCUT2D eigenvalue weighted by Gasteiger charge is -2.23. The molecular weight excluding hydrogens is 408 g/mol. The summed E-state index contributed by atoms with van der Waals surface area (Å²) < 4.78 is 6.48. The van der Waals surface area contributed by atoms with Crippen LogP contribution in [-0.2, 0) is 9.53 Å². The van der Waals surface area contributed by atoms with E-state index in [4.69, 9.17) is 9.84 Å². The number of nitrogens with one attached hydrogen (secondary N) is 1. The molecule has 0 spiro atoms. The number of hydrogen-bond donors (Lipinski definition) is 2. The van der Waals surface area contributed by atoms with Crippen molar-refractivity contribution in [3.63, 3.8) is 0 Å². The maximum Gasteiger partial charge on any atom is 0.408 e. The number of nitrogens with zero attached hydrogens (tertiary/aromatic N) is 1. The smallest absolute Gasteiger partial charge is 0.408 e. The van der Waals surface area contributed by atoms with Crippen molar-refractivity contribution >= 4 is 43.9 Å². The van der Waals surface area contributed by atoms with Crippen LogP contribution in [0.1, 0.15) is 38.9 Å². The van der Waals surface area contributed by atoms with Crippen LogP contribution in [0.5, 0.6) is 0 Å². The Morgan fingerprint density at radius 2 is 2.05 bits per heavy atom. The fourth-order valence-corrected chi connectivity index (χ4v) is 2.79. The number of carbonyl (C=O) groups is 2. The minimum absolute atomic E-state index is 0.299. The number of carboxylic acid groups (broad SMARTS) is 1. The minimum atomic E-state index is -1.05. The molecule has 1 atom stereocenters. The molecule has 1 aromatic rings. The standard InChI is InChI=1S/C13H16Br2N2O4/c1-13(2,3)21-12(20)17-9(5-10(18)19)11-8(15)4-7(14)6-16-11/h4,6,9H,5H2,1-3H3,(H,17,20)(H,18,19)/t9-/m0/s1. The van der Waals surface area contributed by atoms with Gasteiger partial charge in [-0.1, -0.05) is 0 Å². The second-order valence-electron chi connectivity index (χ2n) is 5.32. The van der Waals surface area contributed by atoms with Crippen LogP contribution in [0.3, 0.4) is 0 Å². The number of rotatable bonds is 4. The van der Waals surface area contributed by atoms with E-state index in [0.29, 0.717) is 10.2 Å². The van der Waals surface area contributed by atoms with Gasteiger partial charge in [-0.2, -0.15) is 0 Å². The molecule has 1 rings (SSSR count). The first-order chi connectivity index (χ1) is 9.58. The zero-order chi connectivity index (χ0) is 16.2. The van der Waals surface area contributed by atoms with Crippen LogP contribution in [0.25, 0.3) is 0 Å². The third kappa shape index (κ3) is 6.43. The van der Waals surface area contributed by atoms with E-state index in [-0.39, 0.29) is 6.42 Å². The molecule has 21 heavy (non-hydrogen) atoms. The molecule has 0 aliphatic heterocycles. The first kappa shape index (κ1) is 17.9. The average molecular weight is 424 g/mol. The van der Waals surface area contributed by atoms with Gasteiger partial charge in [0.15, 0.2) is 0 Å². The van der Waals surface area contributed by atoms with Gasteiger partial charge < -0.3 is 15.2 Å². The van der Waals surface area contributed by atoms with Crippen molar-refractivity contribution in [3.05, 3.63) is 26.9 Å². The highest BCUT2D eigenvalue weighted by Crippen LogP contribution is 2.26. The van der Waals surface area contributed by atoms with Gasteiger partial charge in [0.25, 0.3) is 0 Å². The summed E-state index contributed by atoms with van der Waals surface area (Å²) in [4.78, 5) is 27.0. The molecule has 0 fully saturated rings. The molecular formula is C13H16Br2N2O4. The maximum absolute atomic E-state index is 11.8. The fraction of sp³-hybridized carbons (Fsp3) is 0.462. The number of hydrogen-bond acceptors (Lipinski definition) is 4. The predicted molar refractivity (Wildman–Crippen MR) is 84.0 cm³/mol. The summed E-state index contributed by atoms with van der Waals surface area (Å²) in [5.74, 6) is -1.05. The molecule has 0 aromatic carbocycles. The van der Waals surface area contributed by atoms with Gasteiger partial charge >= 0.3 is 12.1 Å². The van der Waals surface area contributed by atoms with Crippen LogP contribution in [0.4, 0.5) is 4.79 Å². The summed E-state index contributed by atoms with van der Waals surface area (Å²) in [7, 11) is 0. The molecule has 8 heteroatoms. The quantitative estimate of drug-likeness (QED) is 0.771. The minimum Gasteiger partial charge on any atom is -0.481 e. The summed E-state index contributed by atoms with van der Waals surface area (Å²) in [5.41, 5.74) is -0.242. The van der Waals surface area contributed by atoms with Crippen LogP contribution in [0.2, 0.25) is 0 Å². The molecule has 0 aliphatic rings. The van der Waals surface area contributed by atoms with Gasteiger partial charge in [0.2, 0.25) is 0 Å². The molecule has 0 radical (unpaired) electrons. The lowest BCUT2D eigenvalue weighted by atomic mass is 10.1. The molecule has 0 saturated carbocycles. The van der Waals surface area contributed by atoms with E-state index < -0.39 is 23.7 Å². The number of aromatic nitrogens is 1. The van der Waals surface area contributed by atoms with Gasteiger partial charge in [-0.05, 0) is 58.7 Å². The van der Waals surface area contributed by atoms with E-state index in [1.165, 1.54) is 6.20 Å². The monoisotopic (exact) mass is 422 g/mol. The topological polar surface area (TPSA) is 88.5 Å². The van der Waals surface area contributed by atoms with Crippen molar-refractivity contribution in [2.24, 2.45) is 0 Å². The van der Waals surface area contributed by atoms with Gasteiger partial charge in [0.05, 0.1) is 18.2 Å². The SMILES string of the molecule is CC(C)(C)OC(=O)N[C@@H](CC(=O)O)c1ncc(Br)cc1Br. The van der Waals surface area contributed by atoms with Crippen molar-refractivity contribution < 1.29 is 19.4 Å². The Bertz CT molecular complexity index is 543. The van der Waals surface area contributed by atoms with Gasteiger partial charge in [0, 0.05) is 15.1 Å². The first-order valence-corrected chi connectivity index (χ1v) is 7.69. The Morgan fingerprint density at radius 3 is 2.52 bits per heavy atom. The number of pyridine rings is 1. The summed E-state index contributed by atoms with van der Waals surface area (Å²) in [5, 5.41) is 11.5. The molecule has 0 unspecified atom stereocenters. The van der Waals surface area contributed by atoms with Crippen molar-refractivity contribution in [1.82, 2.24) is 10.3 Å². The van der Waals surface area contributed by atoms with Gasteiger partial charge in [-0.25, -0.2) is 4.79 Å². The molecule has 0 aliphatic carbocycles. The lowest BCUT2D eigenvalue weighted by molar-refractivity contribution is -0.137.